The summed E-state index contributed by atoms with van der Waals surface area (Å²) < 4.78 is 16.7. The minimum atomic E-state index is -1.11. The Morgan fingerprint density at radius 1 is 1.35 bits per heavy atom. The van der Waals surface area contributed by atoms with Gasteiger partial charge in [-0.25, -0.2) is 0 Å². The summed E-state index contributed by atoms with van der Waals surface area (Å²) in [6.07, 6.45) is 1.58. The highest BCUT2D eigenvalue weighted by Crippen LogP contribution is 2.30. The third-order valence-corrected chi connectivity index (χ3v) is 3.74. The van der Waals surface area contributed by atoms with Crippen molar-refractivity contribution in [1.29, 1.82) is 5.26 Å². The van der Waals surface area contributed by atoms with Crippen molar-refractivity contribution in [3.63, 3.8) is 0 Å². The number of pyridine rings is 1. The number of rotatable bonds is 3. The lowest BCUT2D eigenvalue weighted by molar-refractivity contribution is 0.415. The summed E-state index contributed by atoms with van der Waals surface area (Å²) in [4.78, 5) is 14.9. The standard InChI is InChI=1S/C14H12N2O3S/c1-19-13-7-10(20(2)18)4-5-11(13)12-6-3-9(8-15)14(17)16-12/h3-7H,1-2H3,(H,16,17). The van der Waals surface area contributed by atoms with E-state index in [0.717, 1.165) is 0 Å². The number of methoxy groups -OCH3 is 1. The van der Waals surface area contributed by atoms with Crippen LogP contribution in [0.15, 0.2) is 40.0 Å². The first-order valence-corrected chi connectivity index (χ1v) is 7.28. The average molecular weight is 288 g/mol. The van der Waals surface area contributed by atoms with E-state index in [1.165, 1.54) is 13.2 Å². The molecule has 5 nitrogen and oxygen atoms in total. The van der Waals surface area contributed by atoms with Crippen LogP contribution in [0, 0.1) is 11.3 Å². The third kappa shape index (κ3) is 2.69. The lowest BCUT2D eigenvalue weighted by atomic mass is 10.1. The molecule has 0 amide bonds. The molecule has 1 aromatic carbocycles. The fourth-order valence-corrected chi connectivity index (χ4v) is 2.32. The number of nitriles is 1. The van der Waals surface area contributed by atoms with Crippen LogP contribution in [-0.2, 0) is 11.2 Å². The number of nitrogens with one attached hydrogen (secondary N) is 1. The molecule has 6 heteroatoms. The van der Waals surface area contributed by atoms with E-state index in [9.17, 15) is 9.35 Å². The summed E-state index contributed by atoms with van der Waals surface area (Å²) in [6, 6.07) is 10.0. The Kier molecular flexibility index (Phi) is 4.13. The van der Waals surface area contributed by atoms with E-state index in [1.54, 1.807) is 30.5 Å². The van der Waals surface area contributed by atoms with Gasteiger partial charge >= 0.3 is 0 Å². The second kappa shape index (κ2) is 5.82. The Morgan fingerprint density at radius 3 is 2.65 bits per heavy atom. The maximum Gasteiger partial charge on any atom is 0.266 e. The predicted molar refractivity (Wildman–Crippen MR) is 76.1 cm³/mol. The first-order chi connectivity index (χ1) is 9.56. The average Bonchev–Trinajstić information content (AvgIpc) is 2.46. The molecule has 1 heterocycles. The van der Waals surface area contributed by atoms with Crippen molar-refractivity contribution >= 4 is 11.2 Å². The zero-order valence-electron chi connectivity index (χ0n) is 11.0. The van der Waals surface area contributed by atoms with E-state index in [2.05, 4.69) is 4.98 Å². The number of nitrogens with zero attached hydrogens (tertiary/aromatic N) is 1. The van der Waals surface area contributed by atoms with Crippen LogP contribution in [0.4, 0.5) is 0 Å². The summed E-state index contributed by atoms with van der Waals surface area (Å²) in [5.41, 5.74) is 0.816. The minimum absolute atomic E-state index is 0.0546. The van der Waals surface area contributed by atoms with Gasteiger partial charge in [-0.1, -0.05) is 0 Å². The molecule has 1 N–H and O–H groups in total. The van der Waals surface area contributed by atoms with Crippen molar-refractivity contribution in [3.8, 4) is 23.1 Å². The molecule has 2 aromatic rings. The van der Waals surface area contributed by atoms with Crippen LogP contribution < -0.4 is 10.3 Å². The van der Waals surface area contributed by atoms with Crippen LogP contribution in [0.2, 0.25) is 0 Å². The molecule has 0 saturated carbocycles. The number of aromatic amines is 1. The van der Waals surface area contributed by atoms with Crippen molar-refractivity contribution in [2.45, 2.75) is 4.90 Å². The van der Waals surface area contributed by atoms with Crippen LogP contribution >= 0.6 is 0 Å². The monoisotopic (exact) mass is 288 g/mol. The van der Waals surface area contributed by atoms with Crippen LogP contribution in [0.1, 0.15) is 5.56 Å². The Labute approximate surface area is 119 Å². The van der Waals surface area contributed by atoms with Gasteiger partial charge in [0.25, 0.3) is 5.56 Å². The Morgan fingerprint density at radius 2 is 2.10 bits per heavy atom. The van der Waals surface area contributed by atoms with Gasteiger partial charge in [-0.05, 0) is 35.4 Å². The lowest BCUT2D eigenvalue weighted by Gasteiger charge is -2.11. The molecule has 0 bridgehead atoms. The van der Waals surface area contributed by atoms with E-state index in [-0.39, 0.29) is 5.56 Å². The SMILES string of the molecule is COc1cc([S+](C)[O-])ccc1-c1ccc(C#N)c(=O)[nH]1. The molecule has 0 aliphatic rings. The normalized spacial score (nSPS) is 11.7. The number of benzene rings is 1. The Balaban J connectivity index is 2.55. The zero-order valence-corrected chi connectivity index (χ0v) is 11.8. The second-order valence-electron chi connectivity index (χ2n) is 4.04. The Hall–Kier alpha value is -2.23. The largest absolute Gasteiger partial charge is 0.612 e. The molecule has 0 aliphatic carbocycles. The molecule has 0 spiro atoms. The highest BCUT2D eigenvalue weighted by Gasteiger charge is 2.13. The van der Waals surface area contributed by atoms with Gasteiger partial charge in [-0.2, -0.15) is 5.26 Å². The van der Waals surface area contributed by atoms with Gasteiger partial charge in [-0.15, -0.1) is 0 Å². The predicted octanol–water partition coefficient (Wildman–Crippen LogP) is 1.66. The second-order valence-corrected chi connectivity index (χ2v) is 5.42. The van der Waals surface area contributed by atoms with Crippen LogP contribution in [0.3, 0.4) is 0 Å². The van der Waals surface area contributed by atoms with Gasteiger partial charge in [0.05, 0.1) is 12.8 Å². The summed E-state index contributed by atoms with van der Waals surface area (Å²) in [5, 5.41) is 8.75. The van der Waals surface area contributed by atoms with Crippen molar-refractivity contribution < 1.29 is 9.29 Å². The van der Waals surface area contributed by atoms with Gasteiger partial charge in [0.1, 0.15) is 23.6 Å². The van der Waals surface area contributed by atoms with E-state index < -0.39 is 16.7 Å². The molecule has 0 aliphatic heterocycles. The van der Waals surface area contributed by atoms with E-state index >= 15 is 0 Å². The maximum absolute atomic E-state index is 11.7. The molecular formula is C14H12N2O3S. The van der Waals surface area contributed by atoms with Gasteiger partial charge in [0, 0.05) is 11.6 Å². The first kappa shape index (κ1) is 14.2. The minimum Gasteiger partial charge on any atom is -0.612 e. The van der Waals surface area contributed by atoms with E-state index in [4.69, 9.17) is 10.00 Å². The summed E-state index contributed by atoms with van der Waals surface area (Å²) in [7, 11) is 1.50. The summed E-state index contributed by atoms with van der Waals surface area (Å²) in [5.74, 6) is 0.512. The fourth-order valence-electron chi connectivity index (χ4n) is 1.79. The van der Waals surface area contributed by atoms with Crippen molar-refractivity contribution in [2.75, 3.05) is 13.4 Å². The number of hydrogen-bond donors (Lipinski definition) is 1. The van der Waals surface area contributed by atoms with Gasteiger partial charge in [0.2, 0.25) is 0 Å². The summed E-state index contributed by atoms with van der Waals surface area (Å²) in [6.45, 7) is 0. The smallest absolute Gasteiger partial charge is 0.266 e. The lowest BCUT2D eigenvalue weighted by Crippen LogP contribution is -2.10. The number of hydrogen-bond acceptors (Lipinski definition) is 4. The number of ether oxygens (including phenoxy) is 1. The highest BCUT2D eigenvalue weighted by molar-refractivity contribution is 7.90. The molecule has 1 atom stereocenters. The van der Waals surface area contributed by atoms with Gasteiger partial charge in [-0.3, -0.25) is 4.79 Å². The van der Waals surface area contributed by atoms with E-state index in [1.807, 2.05) is 6.07 Å². The Bertz CT molecular complexity index is 732. The third-order valence-electron chi connectivity index (χ3n) is 2.83. The summed E-state index contributed by atoms with van der Waals surface area (Å²) >= 11 is -1.11. The van der Waals surface area contributed by atoms with Crippen molar-refractivity contribution in [1.82, 2.24) is 4.98 Å². The van der Waals surface area contributed by atoms with Crippen LogP contribution in [0.5, 0.6) is 5.75 Å². The van der Waals surface area contributed by atoms with Gasteiger partial charge < -0.3 is 14.3 Å². The van der Waals surface area contributed by atoms with Crippen LogP contribution in [0.25, 0.3) is 11.3 Å². The van der Waals surface area contributed by atoms with Gasteiger partial charge in [0.15, 0.2) is 4.90 Å². The molecule has 0 fully saturated rings. The first-order valence-electron chi connectivity index (χ1n) is 5.72. The maximum atomic E-state index is 11.7. The number of aromatic nitrogens is 1. The fraction of sp³-hybridized carbons (Fsp3) is 0.143. The molecule has 102 valence electrons. The van der Waals surface area contributed by atoms with Crippen molar-refractivity contribution in [2.24, 2.45) is 0 Å². The van der Waals surface area contributed by atoms with E-state index in [0.29, 0.717) is 21.9 Å². The molecule has 2 rings (SSSR count). The van der Waals surface area contributed by atoms with Crippen LogP contribution in [-0.4, -0.2) is 22.9 Å². The molecule has 1 unspecified atom stereocenters. The topological polar surface area (TPSA) is 88.9 Å². The van der Waals surface area contributed by atoms with Crippen molar-refractivity contribution in [3.05, 3.63) is 46.2 Å². The molecule has 0 saturated heterocycles. The highest BCUT2D eigenvalue weighted by atomic mass is 32.2. The molecular weight excluding hydrogens is 276 g/mol. The molecule has 20 heavy (non-hydrogen) atoms. The zero-order chi connectivity index (χ0) is 14.7. The molecule has 0 radical (unpaired) electrons. The quantitative estimate of drug-likeness (QED) is 0.870. The number of H-pyrrole nitrogens is 1. The molecule has 1 aromatic heterocycles.